The summed E-state index contributed by atoms with van der Waals surface area (Å²) in [6, 6.07) is 10.1. The molecule has 3 amide bonds. The number of aromatic amines is 1. The quantitative estimate of drug-likeness (QED) is 0.404. The van der Waals surface area contributed by atoms with E-state index in [1.165, 1.54) is 6.33 Å². The van der Waals surface area contributed by atoms with E-state index in [9.17, 15) is 9.59 Å². The molecule has 0 radical (unpaired) electrons. The van der Waals surface area contributed by atoms with E-state index in [1.807, 2.05) is 17.0 Å². The first-order valence-electron chi connectivity index (χ1n) is 10.7. The van der Waals surface area contributed by atoms with Crippen molar-refractivity contribution in [2.75, 3.05) is 37.4 Å². The molecule has 4 N–H and O–H groups in total. The van der Waals surface area contributed by atoms with E-state index in [4.69, 9.17) is 16.3 Å². The van der Waals surface area contributed by atoms with Crippen LogP contribution in [-0.4, -0.2) is 69.8 Å². The molecule has 0 saturated carbocycles. The molecule has 0 unspecified atom stereocenters. The predicted molar refractivity (Wildman–Crippen MR) is 127 cm³/mol. The number of rotatable bonds is 7. The molecule has 0 spiro atoms. The van der Waals surface area contributed by atoms with Crippen LogP contribution in [0.25, 0.3) is 0 Å². The number of carbonyl (C=O) groups excluding carboxylic acids is 2. The Morgan fingerprint density at radius 3 is 2.68 bits per heavy atom. The third-order valence-corrected chi connectivity index (χ3v) is 5.78. The van der Waals surface area contributed by atoms with Crippen molar-refractivity contribution in [1.82, 2.24) is 30.4 Å². The van der Waals surface area contributed by atoms with Crippen LogP contribution in [0.3, 0.4) is 0 Å². The maximum atomic E-state index is 12.7. The largest absolute Gasteiger partial charge is 0.495 e. The van der Waals surface area contributed by atoms with E-state index in [-0.39, 0.29) is 30.4 Å². The number of aromatic nitrogens is 4. The molecule has 1 aliphatic heterocycles. The lowest BCUT2D eigenvalue weighted by molar-refractivity contribution is -0.117. The molecule has 0 aliphatic carbocycles. The summed E-state index contributed by atoms with van der Waals surface area (Å²) in [5.41, 5.74) is 1.44. The maximum absolute atomic E-state index is 12.7. The average molecular weight is 485 g/mol. The number of carbonyl (C=O) groups is 2. The second kappa shape index (κ2) is 10.9. The van der Waals surface area contributed by atoms with Gasteiger partial charge in [-0.3, -0.25) is 20.0 Å². The molecule has 178 valence electrons. The summed E-state index contributed by atoms with van der Waals surface area (Å²) in [6.07, 6.45) is 3.62. The fraction of sp³-hybridized carbons (Fsp3) is 0.318. The number of hydrogen-bond donors (Lipinski definition) is 4. The highest BCUT2D eigenvalue weighted by Gasteiger charge is 2.33. The van der Waals surface area contributed by atoms with Gasteiger partial charge in [0.05, 0.1) is 19.9 Å². The lowest BCUT2D eigenvalue weighted by atomic mass is 9.88. The number of anilines is 2. The zero-order valence-electron chi connectivity index (χ0n) is 18.5. The smallest absolute Gasteiger partial charge is 0.319 e. The number of methoxy groups -OCH3 is 1. The van der Waals surface area contributed by atoms with Crippen molar-refractivity contribution in [3.05, 3.63) is 59.6 Å². The predicted octanol–water partition coefficient (Wildman–Crippen LogP) is 2.48. The molecule has 0 bridgehead atoms. The normalized spacial score (nSPS) is 18.2. The first kappa shape index (κ1) is 23.5. The van der Waals surface area contributed by atoms with Gasteiger partial charge < -0.3 is 15.4 Å². The number of halogens is 1. The van der Waals surface area contributed by atoms with E-state index >= 15 is 0 Å². The van der Waals surface area contributed by atoms with Crippen LogP contribution in [0.2, 0.25) is 5.02 Å². The second-order valence-corrected chi connectivity index (χ2v) is 8.28. The molecule has 3 aromatic rings. The van der Waals surface area contributed by atoms with Gasteiger partial charge in [-0.15, -0.1) is 0 Å². The molecule has 1 saturated heterocycles. The van der Waals surface area contributed by atoms with Gasteiger partial charge in [-0.05, 0) is 42.8 Å². The number of nitrogens with zero attached hydrogens (tertiary/aromatic N) is 4. The minimum absolute atomic E-state index is 0.131. The number of urea groups is 1. The highest BCUT2D eigenvalue weighted by molar-refractivity contribution is 6.30. The van der Waals surface area contributed by atoms with E-state index in [0.717, 1.165) is 5.69 Å². The fourth-order valence-electron chi connectivity index (χ4n) is 3.88. The number of likely N-dealkylation sites (tertiary alicyclic amines) is 1. The van der Waals surface area contributed by atoms with E-state index in [1.54, 1.807) is 37.6 Å². The summed E-state index contributed by atoms with van der Waals surface area (Å²) in [5, 5.41) is 15.5. The maximum Gasteiger partial charge on any atom is 0.319 e. The minimum atomic E-state index is -0.317. The van der Waals surface area contributed by atoms with Gasteiger partial charge in [0.1, 0.15) is 12.1 Å². The SMILES string of the molecule is COc1ccc([C@@H]2CN(CC(=O)Nc3ncn[nH]3)CC[C@H]2NC(=O)Nc2ccc(Cl)cc2)nc1. The third kappa shape index (κ3) is 6.21. The molecule has 34 heavy (non-hydrogen) atoms. The number of pyridine rings is 1. The zero-order valence-corrected chi connectivity index (χ0v) is 19.2. The lowest BCUT2D eigenvalue weighted by Crippen LogP contribution is -2.52. The van der Waals surface area contributed by atoms with Crippen LogP contribution >= 0.6 is 11.6 Å². The van der Waals surface area contributed by atoms with Crippen molar-refractivity contribution >= 4 is 35.2 Å². The Morgan fingerprint density at radius 1 is 1.18 bits per heavy atom. The molecule has 2 aromatic heterocycles. The van der Waals surface area contributed by atoms with Crippen LogP contribution in [0.1, 0.15) is 18.0 Å². The standard InChI is InChI=1S/C22H25ClN8O3/c1-34-16-6-7-18(24-10-16)17-11-31(12-20(32)29-21-25-13-26-30-21)9-8-19(17)28-22(33)27-15-4-2-14(23)3-5-15/h2-7,10,13,17,19H,8-9,11-12H2,1H3,(H2,27,28,33)(H2,25,26,29,30,32)/t17-,19+/m0/s1. The number of hydrogen-bond acceptors (Lipinski definition) is 7. The number of piperidine rings is 1. The molecule has 2 atom stereocenters. The number of H-pyrrole nitrogens is 1. The minimum Gasteiger partial charge on any atom is -0.495 e. The summed E-state index contributed by atoms with van der Waals surface area (Å²) in [5.74, 6) is 0.611. The second-order valence-electron chi connectivity index (χ2n) is 7.85. The van der Waals surface area contributed by atoms with E-state index in [2.05, 4.69) is 36.1 Å². The van der Waals surface area contributed by atoms with Crippen molar-refractivity contribution in [1.29, 1.82) is 0 Å². The number of benzene rings is 1. The lowest BCUT2D eigenvalue weighted by Gasteiger charge is -2.38. The summed E-state index contributed by atoms with van der Waals surface area (Å²) >= 11 is 5.92. The van der Waals surface area contributed by atoms with Crippen LogP contribution in [0.15, 0.2) is 48.9 Å². The summed E-state index contributed by atoms with van der Waals surface area (Å²) in [4.78, 5) is 35.6. The number of amides is 3. The summed E-state index contributed by atoms with van der Waals surface area (Å²) in [7, 11) is 1.58. The van der Waals surface area contributed by atoms with Crippen molar-refractivity contribution in [3.8, 4) is 5.75 Å². The van der Waals surface area contributed by atoms with Crippen molar-refractivity contribution in [2.24, 2.45) is 0 Å². The van der Waals surface area contributed by atoms with Crippen LogP contribution in [0.5, 0.6) is 5.75 Å². The van der Waals surface area contributed by atoms with Gasteiger partial charge in [0.25, 0.3) is 0 Å². The molecule has 4 rings (SSSR count). The summed E-state index contributed by atoms with van der Waals surface area (Å²) in [6.45, 7) is 1.34. The highest BCUT2D eigenvalue weighted by Crippen LogP contribution is 2.27. The van der Waals surface area contributed by atoms with Crippen LogP contribution in [0, 0.1) is 0 Å². The topological polar surface area (TPSA) is 137 Å². The van der Waals surface area contributed by atoms with E-state index in [0.29, 0.717) is 41.9 Å². The highest BCUT2D eigenvalue weighted by atomic mass is 35.5. The number of ether oxygens (including phenoxy) is 1. The first-order valence-corrected chi connectivity index (χ1v) is 11.1. The van der Waals surface area contributed by atoms with Crippen molar-refractivity contribution < 1.29 is 14.3 Å². The van der Waals surface area contributed by atoms with Crippen LogP contribution in [0.4, 0.5) is 16.4 Å². The van der Waals surface area contributed by atoms with Gasteiger partial charge in [0, 0.05) is 41.5 Å². The Morgan fingerprint density at radius 2 is 2.00 bits per heavy atom. The molecule has 12 heteroatoms. The van der Waals surface area contributed by atoms with Gasteiger partial charge in [0.15, 0.2) is 0 Å². The first-order chi connectivity index (χ1) is 16.5. The molecular weight excluding hydrogens is 460 g/mol. The van der Waals surface area contributed by atoms with Crippen molar-refractivity contribution in [3.63, 3.8) is 0 Å². The Kier molecular flexibility index (Phi) is 7.55. The Hall–Kier alpha value is -3.70. The molecular formula is C22H25ClN8O3. The average Bonchev–Trinajstić information content (AvgIpc) is 3.34. The zero-order chi connectivity index (χ0) is 23.9. The van der Waals surface area contributed by atoms with Crippen LogP contribution in [-0.2, 0) is 4.79 Å². The number of nitrogens with one attached hydrogen (secondary N) is 4. The van der Waals surface area contributed by atoms with Crippen molar-refractivity contribution in [2.45, 2.75) is 18.4 Å². The Labute approximate surface area is 201 Å². The van der Waals surface area contributed by atoms with Gasteiger partial charge in [-0.25, -0.2) is 9.89 Å². The molecule has 1 fully saturated rings. The molecule has 1 aliphatic rings. The monoisotopic (exact) mass is 484 g/mol. The van der Waals surface area contributed by atoms with E-state index < -0.39 is 0 Å². The Balaban J connectivity index is 1.43. The summed E-state index contributed by atoms with van der Waals surface area (Å²) < 4.78 is 5.22. The molecule has 3 heterocycles. The third-order valence-electron chi connectivity index (χ3n) is 5.53. The van der Waals surface area contributed by atoms with Gasteiger partial charge in [-0.1, -0.05) is 11.6 Å². The Bertz CT molecular complexity index is 1090. The van der Waals surface area contributed by atoms with Crippen LogP contribution < -0.4 is 20.7 Å². The fourth-order valence-corrected chi connectivity index (χ4v) is 4.00. The molecule has 1 aromatic carbocycles. The molecule has 11 nitrogen and oxygen atoms in total. The van der Waals surface area contributed by atoms with Gasteiger partial charge in [-0.2, -0.15) is 10.1 Å². The van der Waals surface area contributed by atoms with Gasteiger partial charge >= 0.3 is 6.03 Å². The van der Waals surface area contributed by atoms with Gasteiger partial charge in [0.2, 0.25) is 11.9 Å².